The molecule has 0 aliphatic heterocycles. The lowest BCUT2D eigenvalue weighted by molar-refractivity contribution is -0.118. The normalized spacial score (nSPS) is 10.9. The van der Waals surface area contributed by atoms with Gasteiger partial charge in [-0.2, -0.15) is 0 Å². The van der Waals surface area contributed by atoms with Gasteiger partial charge in [0.05, 0.1) is 5.75 Å². The predicted molar refractivity (Wildman–Crippen MR) is 87.1 cm³/mol. The first-order chi connectivity index (χ1) is 11.1. The van der Waals surface area contributed by atoms with Crippen molar-refractivity contribution in [1.29, 1.82) is 0 Å². The average molecular weight is 328 g/mol. The molecule has 0 fully saturated rings. The molecule has 0 saturated carbocycles. The van der Waals surface area contributed by atoms with Crippen LogP contribution in [0.15, 0.2) is 35.7 Å². The molecule has 3 rings (SSSR count). The van der Waals surface area contributed by atoms with Crippen LogP contribution in [0.25, 0.3) is 5.78 Å². The second-order valence-corrected chi connectivity index (χ2v) is 6.03. The summed E-state index contributed by atoms with van der Waals surface area (Å²) in [4.78, 5) is 20.3. The number of rotatable bonds is 5. The summed E-state index contributed by atoms with van der Waals surface area (Å²) in [5.41, 5.74) is 2.86. The van der Waals surface area contributed by atoms with E-state index < -0.39 is 0 Å². The number of pyridine rings is 1. The molecule has 0 aliphatic rings. The number of amides is 1. The van der Waals surface area contributed by atoms with Gasteiger partial charge in [-0.25, -0.2) is 4.98 Å². The molecular weight excluding hydrogens is 312 g/mol. The lowest BCUT2D eigenvalue weighted by Gasteiger charge is -2.05. The zero-order valence-electron chi connectivity index (χ0n) is 12.9. The third-order valence-corrected chi connectivity index (χ3v) is 4.14. The number of aryl methyl sites for hydroxylation is 2. The van der Waals surface area contributed by atoms with E-state index in [9.17, 15) is 4.79 Å². The summed E-state index contributed by atoms with van der Waals surface area (Å²) >= 11 is 1.34. The summed E-state index contributed by atoms with van der Waals surface area (Å²) in [7, 11) is 0. The van der Waals surface area contributed by atoms with E-state index in [0.29, 0.717) is 17.5 Å². The summed E-state index contributed by atoms with van der Waals surface area (Å²) in [5.74, 6) is 0.767. The van der Waals surface area contributed by atoms with Crippen LogP contribution in [0.5, 0.6) is 0 Å². The molecule has 0 atom stereocenters. The molecule has 0 radical (unpaired) electrons. The smallest absolute Gasteiger partial charge is 0.256 e. The van der Waals surface area contributed by atoms with Crippen LogP contribution in [0.4, 0.5) is 0 Å². The molecule has 7 nitrogen and oxygen atoms in total. The minimum atomic E-state index is -0.0617. The Morgan fingerprint density at radius 2 is 2.22 bits per heavy atom. The van der Waals surface area contributed by atoms with Gasteiger partial charge in [0.15, 0.2) is 5.16 Å². The SMILES string of the molecule is Cc1cc(C)n2c(SCC(=O)NCc3cccnc3)nnc2n1. The van der Waals surface area contributed by atoms with Crippen LogP contribution >= 0.6 is 11.8 Å². The van der Waals surface area contributed by atoms with Crippen molar-refractivity contribution < 1.29 is 4.79 Å². The van der Waals surface area contributed by atoms with Gasteiger partial charge in [-0.15, -0.1) is 10.2 Å². The molecule has 0 spiro atoms. The van der Waals surface area contributed by atoms with Gasteiger partial charge in [-0.05, 0) is 31.5 Å². The Labute approximate surface area is 137 Å². The largest absolute Gasteiger partial charge is 0.351 e. The van der Waals surface area contributed by atoms with Crippen molar-refractivity contribution in [3.63, 3.8) is 0 Å². The molecule has 3 aromatic heterocycles. The monoisotopic (exact) mass is 328 g/mol. The Bertz CT molecular complexity index is 833. The molecule has 3 aromatic rings. The second kappa shape index (κ2) is 6.74. The molecule has 0 saturated heterocycles. The number of nitrogens with one attached hydrogen (secondary N) is 1. The quantitative estimate of drug-likeness (QED) is 0.715. The Morgan fingerprint density at radius 3 is 3.00 bits per heavy atom. The van der Waals surface area contributed by atoms with Crippen LogP contribution in [0, 0.1) is 13.8 Å². The first-order valence-electron chi connectivity index (χ1n) is 7.11. The van der Waals surface area contributed by atoms with E-state index in [2.05, 4.69) is 25.5 Å². The topological polar surface area (TPSA) is 85.1 Å². The van der Waals surface area contributed by atoms with Crippen LogP contribution in [0.1, 0.15) is 17.0 Å². The Balaban J connectivity index is 1.61. The molecule has 23 heavy (non-hydrogen) atoms. The maximum absolute atomic E-state index is 12.0. The van der Waals surface area contributed by atoms with E-state index in [1.165, 1.54) is 11.8 Å². The van der Waals surface area contributed by atoms with Crippen molar-refractivity contribution in [3.05, 3.63) is 47.5 Å². The van der Waals surface area contributed by atoms with Gasteiger partial charge in [0, 0.05) is 30.3 Å². The minimum absolute atomic E-state index is 0.0617. The molecule has 0 unspecified atom stereocenters. The summed E-state index contributed by atoms with van der Waals surface area (Å²) in [6, 6.07) is 5.73. The molecule has 0 aromatic carbocycles. The fraction of sp³-hybridized carbons (Fsp3) is 0.267. The number of hydrogen-bond acceptors (Lipinski definition) is 6. The first-order valence-corrected chi connectivity index (χ1v) is 8.10. The third-order valence-electron chi connectivity index (χ3n) is 3.21. The Hall–Kier alpha value is -2.48. The van der Waals surface area contributed by atoms with Crippen molar-refractivity contribution in [2.24, 2.45) is 0 Å². The number of aromatic nitrogens is 5. The zero-order valence-corrected chi connectivity index (χ0v) is 13.7. The number of carbonyl (C=O) groups is 1. The van der Waals surface area contributed by atoms with Gasteiger partial charge in [0.25, 0.3) is 5.78 Å². The van der Waals surface area contributed by atoms with Crippen LogP contribution in [-0.2, 0) is 11.3 Å². The van der Waals surface area contributed by atoms with Crippen molar-refractivity contribution in [3.8, 4) is 0 Å². The third kappa shape index (κ3) is 3.65. The van der Waals surface area contributed by atoms with E-state index in [1.54, 1.807) is 12.4 Å². The molecule has 1 N–H and O–H groups in total. The molecular formula is C15H16N6OS. The minimum Gasteiger partial charge on any atom is -0.351 e. The summed E-state index contributed by atoms with van der Waals surface area (Å²) < 4.78 is 1.85. The number of fused-ring (bicyclic) bond motifs is 1. The van der Waals surface area contributed by atoms with Gasteiger partial charge in [-0.1, -0.05) is 17.8 Å². The van der Waals surface area contributed by atoms with E-state index >= 15 is 0 Å². The molecule has 0 aliphatic carbocycles. The van der Waals surface area contributed by atoms with E-state index in [0.717, 1.165) is 17.0 Å². The molecule has 1 amide bonds. The van der Waals surface area contributed by atoms with Gasteiger partial charge >= 0.3 is 0 Å². The Kier molecular flexibility index (Phi) is 4.52. The lowest BCUT2D eigenvalue weighted by atomic mass is 10.3. The Morgan fingerprint density at radius 1 is 1.35 bits per heavy atom. The lowest BCUT2D eigenvalue weighted by Crippen LogP contribution is -2.24. The highest BCUT2D eigenvalue weighted by atomic mass is 32.2. The van der Waals surface area contributed by atoms with Gasteiger partial charge in [0.2, 0.25) is 5.91 Å². The predicted octanol–water partition coefficient (Wildman–Crippen LogP) is 1.54. The number of thioether (sulfide) groups is 1. The van der Waals surface area contributed by atoms with Crippen molar-refractivity contribution in [2.45, 2.75) is 25.5 Å². The van der Waals surface area contributed by atoms with Gasteiger partial charge in [-0.3, -0.25) is 14.2 Å². The summed E-state index contributed by atoms with van der Waals surface area (Å²) in [5, 5.41) is 11.7. The number of carbonyl (C=O) groups excluding carboxylic acids is 1. The standard InChI is InChI=1S/C15H16N6OS/c1-10-6-11(2)21-14(18-10)19-20-15(21)23-9-13(22)17-8-12-4-3-5-16-7-12/h3-7H,8-9H2,1-2H3,(H,17,22). The first kappa shape index (κ1) is 15.4. The highest BCUT2D eigenvalue weighted by Crippen LogP contribution is 2.18. The molecule has 8 heteroatoms. The van der Waals surface area contributed by atoms with E-state index in [4.69, 9.17) is 0 Å². The summed E-state index contributed by atoms with van der Waals surface area (Å²) in [6.45, 7) is 4.35. The van der Waals surface area contributed by atoms with Crippen molar-refractivity contribution in [1.82, 2.24) is 29.9 Å². The summed E-state index contributed by atoms with van der Waals surface area (Å²) in [6.07, 6.45) is 3.44. The maximum atomic E-state index is 12.0. The molecule has 118 valence electrons. The number of hydrogen-bond donors (Lipinski definition) is 1. The molecule has 0 bridgehead atoms. The number of nitrogens with zero attached hydrogens (tertiary/aromatic N) is 5. The van der Waals surface area contributed by atoms with Crippen molar-refractivity contribution >= 4 is 23.4 Å². The second-order valence-electron chi connectivity index (χ2n) is 5.08. The fourth-order valence-electron chi connectivity index (χ4n) is 2.18. The zero-order chi connectivity index (χ0) is 16.2. The highest BCUT2D eigenvalue weighted by Gasteiger charge is 2.12. The van der Waals surface area contributed by atoms with Gasteiger partial charge < -0.3 is 5.32 Å². The highest BCUT2D eigenvalue weighted by molar-refractivity contribution is 7.99. The van der Waals surface area contributed by atoms with Crippen molar-refractivity contribution in [2.75, 3.05) is 5.75 Å². The average Bonchev–Trinajstić information content (AvgIpc) is 2.95. The van der Waals surface area contributed by atoms with Crippen LogP contribution in [0.2, 0.25) is 0 Å². The molecule has 3 heterocycles. The van der Waals surface area contributed by atoms with E-state index in [1.807, 2.05) is 36.4 Å². The van der Waals surface area contributed by atoms with Crippen LogP contribution in [-0.4, -0.2) is 36.2 Å². The van der Waals surface area contributed by atoms with E-state index in [-0.39, 0.29) is 11.7 Å². The maximum Gasteiger partial charge on any atom is 0.256 e. The fourth-order valence-corrected chi connectivity index (χ4v) is 2.99. The van der Waals surface area contributed by atoms with Crippen LogP contribution in [0.3, 0.4) is 0 Å². The van der Waals surface area contributed by atoms with Gasteiger partial charge in [0.1, 0.15) is 0 Å². The van der Waals surface area contributed by atoms with Crippen LogP contribution < -0.4 is 5.32 Å².